The summed E-state index contributed by atoms with van der Waals surface area (Å²) in [5.74, 6) is -0.265. The van der Waals surface area contributed by atoms with E-state index in [1.54, 1.807) is 20.3 Å². The summed E-state index contributed by atoms with van der Waals surface area (Å²) >= 11 is 0. The molecule has 1 aromatic carbocycles. The van der Waals surface area contributed by atoms with E-state index in [1.165, 1.54) is 6.07 Å². The van der Waals surface area contributed by atoms with Crippen molar-refractivity contribution in [3.8, 4) is 0 Å². The van der Waals surface area contributed by atoms with Gasteiger partial charge in [-0.25, -0.2) is 4.39 Å². The number of nitrogens with zero attached hydrogens (tertiary/aromatic N) is 1. The minimum absolute atomic E-state index is 0.0609. The quantitative estimate of drug-likeness (QED) is 0.796. The van der Waals surface area contributed by atoms with E-state index in [2.05, 4.69) is 0 Å². The highest BCUT2D eigenvalue weighted by molar-refractivity contribution is 5.50. The lowest BCUT2D eigenvalue weighted by Crippen LogP contribution is -2.39. The van der Waals surface area contributed by atoms with Crippen LogP contribution in [0, 0.1) is 5.82 Å². The first-order chi connectivity index (χ1) is 9.51. The molecule has 1 aromatic rings. The highest BCUT2D eigenvalue weighted by Crippen LogP contribution is 2.24. The Kier molecular flexibility index (Phi) is 6.91. The van der Waals surface area contributed by atoms with Crippen molar-refractivity contribution >= 4 is 5.69 Å². The zero-order valence-electron chi connectivity index (χ0n) is 12.7. The first-order valence-corrected chi connectivity index (χ1v) is 6.80. The predicted octanol–water partition coefficient (Wildman–Crippen LogP) is 2.33. The van der Waals surface area contributed by atoms with E-state index in [0.29, 0.717) is 25.4 Å². The van der Waals surface area contributed by atoms with Crippen LogP contribution in [0.3, 0.4) is 0 Å². The van der Waals surface area contributed by atoms with E-state index in [-0.39, 0.29) is 17.9 Å². The number of nitrogens with two attached hydrogens (primary N) is 1. The van der Waals surface area contributed by atoms with Crippen LogP contribution in [0.1, 0.15) is 25.5 Å². The molecule has 20 heavy (non-hydrogen) atoms. The summed E-state index contributed by atoms with van der Waals surface area (Å²) in [5, 5.41) is 0. The topological polar surface area (TPSA) is 47.7 Å². The molecule has 0 aliphatic carbocycles. The van der Waals surface area contributed by atoms with Gasteiger partial charge in [-0.3, -0.25) is 0 Å². The Labute approximate surface area is 120 Å². The van der Waals surface area contributed by atoms with Crippen LogP contribution in [0.2, 0.25) is 0 Å². The van der Waals surface area contributed by atoms with Crippen LogP contribution in [0.5, 0.6) is 0 Å². The van der Waals surface area contributed by atoms with Gasteiger partial charge in [0.15, 0.2) is 0 Å². The van der Waals surface area contributed by atoms with E-state index in [4.69, 9.17) is 15.2 Å². The summed E-state index contributed by atoms with van der Waals surface area (Å²) in [7, 11) is 3.27. The summed E-state index contributed by atoms with van der Waals surface area (Å²) in [6, 6.07) is 5.02. The van der Waals surface area contributed by atoms with Gasteiger partial charge in [0.05, 0.1) is 18.9 Å². The molecule has 2 unspecified atom stereocenters. The molecule has 0 aliphatic rings. The van der Waals surface area contributed by atoms with Crippen molar-refractivity contribution in [3.05, 3.63) is 29.6 Å². The summed E-state index contributed by atoms with van der Waals surface area (Å²) < 4.78 is 24.6. The van der Waals surface area contributed by atoms with Crippen LogP contribution >= 0.6 is 0 Å². The van der Waals surface area contributed by atoms with Gasteiger partial charge in [0.2, 0.25) is 0 Å². The molecule has 114 valence electrons. The van der Waals surface area contributed by atoms with Crippen molar-refractivity contribution in [1.82, 2.24) is 0 Å². The van der Waals surface area contributed by atoms with Crippen molar-refractivity contribution < 1.29 is 13.9 Å². The van der Waals surface area contributed by atoms with Crippen LogP contribution in [-0.4, -0.2) is 40.0 Å². The monoisotopic (exact) mass is 284 g/mol. The second kappa shape index (κ2) is 8.19. The van der Waals surface area contributed by atoms with Crippen molar-refractivity contribution in [1.29, 1.82) is 0 Å². The van der Waals surface area contributed by atoms with E-state index in [1.807, 2.05) is 24.8 Å². The average molecular weight is 284 g/mol. The maximum atomic E-state index is 14.3. The molecule has 0 amide bonds. The largest absolute Gasteiger partial charge is 0.383 e. The molecule has 4 nitrogen and oxygen atoms in total. The van der Waals surface area contributed by atoms with Crippen LogP contribution in [0.25, 0.3) is 0 Å². The molecular weight excluding hydrogens is 259 g/mol. The third-order valence-corrected chi connectivity index (χ3v) is 3.28. The number of hydrogen-bond donors (Lipinski definition) is 1. The van der Waals surface area contributed by atoms with Gasteiger partial charge in [0, 0.05) is 32.8 Å². The van der Waals surface area contributed by atoms with E-state index in [0.717, 1.165) is 5.56 Å². The van der Waals surface area contributed by atoms with Gasteiger partial charge in [0.25, 0.3) is 0 Å². The van der Waals surface area contributed by atoms with Gasteiger partial charge >= 0.3 is 0 Å². The normalized spacial score (nSPS) is 14.1. The van der Waals surface area contributed by atoms with Crippen LogP contribution in [-0.2, 0) is 9.47 Å². The summed E-state index contributed by atoms with van der Waals surface area (Å²) in [5.41, 5.74) is 7.12. The second-order valence-corrected chi connectivity index (χ2v) is 4.99. The summed E-state index contributed by atoms with van der Waals surface area (Å²) in [4.78, 5) is 1.95. The lowest BCUT2D eigenvalue weighted by atomic mass is 10.1. The smallest absolute Gasteiger partial charge is 0.146 e. The number of ether oxygens (including phenoxy) is 2. The molecule has 0 aromatic heterocycles. The van der Waals surface area contributed by atoms with Gasteiger partial charge < -0.3 is 20.1 Å². The van der Waals surface area contributed by atoms with Gasteiger partial charge in [-0.05, 0) is 31.5 Å². The molecule has 2 N–H and O–H groups in total. The van der Waals surface area contributed by atoms with E-state index in [9.17, 15) is 4.39 Å². The van der Waals surface area contributed by atoms with Crippen LogP contribution < -0.4 is 10.6 Å². The second-order valence-electron chi connectivity index (χ2n) is 4.99. The molecule has 0 saturated carbocycles. The molecule has 0 bridgehead atoms. The Bertz CT molecular complexity index is 413. The number of methoxy groups -OCH3 is 2. The maximum Gasteiger partial charge on any atom is 0.146 e. The molecule has 5 heteroatoms. The summed E-state index contributed by atoms with van der Waals surface area (Å²) in [6.07, 6.45) is 0. The van der Waals surface area contributed by atoms with Gasteiger partial charge in [-0.15, -0.1) is 0 Å². The number of benzene rings is 1. The fraction of sp³-hybridized carbons (Fsp3) is 0.600. The lowest BCUT2D eigenvalue weighted by molar-refractivity contribution is 0.170. The Hall–Kier alpha value is -1.17. The molecule has 2 atom stereocenters. The maximum absolute atomic E-state index is 14.3. The first-order valence-electron chi connectivity index (χ1n) is 6.80. The van der Waals surface area contributed by atoms with Crippen LogP contribution in [0.15, 0.2) is 18.2 Å². The summed E-state index contributed by atoms with van der Waals surface area (Å²) in [6.45, 7) is 5.50. The Morgan fingerprint density at radius 1 is 1.25 bits per heavy atom. The first kappa shape index (κ1) is 16.9. The SMILES string of the molecule is COCCN(c1ccc(C(C)N)cc1F)C(C)COC. The van der Waals surface area contributed by atoms with E-state index < -0.39 is 0 Å². The molecule has 0 heterocycles. The van der Waals surface area contributed by atoms with Crippen molar-refractivity contribution in [2.45, 2.75) is 25.9 Å². The third kappa shape index (κ3) is 4.44. The number of halogens is 1. The lowest BCUT2D eigenvalue weighted by Gasteiger charge is -2.31. The predicted molar refractivity (Wildman–Crippen MR) is 79.6 cm³/mol. The van der Waals surface area contributed by atoms with Crippen molar-refractivity contribution in [2.24, 2.45) is 5.73 Å². The third-order valence-electron chi connectivity index (χ3n) is 3.28. The molecule has 0 spiro atoms. The van der Waals surface area contributed by atoms with Crippen molar-refractivity contribution in [3.63, 3.8) is 0 Å². The molecular formula is C15H25FN2O2. The zero-order chi connectivity index (χ0) is 15.1. The fourth-order valence-electron chi connectivity index (χ4n) is 2.14. The number of hydrogen-bond acceptors (Lipinski definition) is 4. The fourth-order valence-corrected chi connectivity index (χ4v) is 2.14. The Morgan fingerprint density at radius 2 is 1.95 bits per heavy atom. The zero-order valence-corrected chi connectivity index (χ0v) is 12.7. The average Bonchev–Trinajstić information content (AvgIpc) is 2.40. The molecule has 0 saturated heterocycles. The standard InChI is InChI=1S/C15H25FN2O2/c1-11(10-20-4)18(7-8-19-3)15-6-5-13(12(2)17)9-14(15)16/h5-6,9,11-12H,7-8,10,17H2,1-4H3. The highest BCUT2D eigenvalue weighted by Gasteiger charge is 2.18. The van der Waals surface area contributed by atoms with Gasteiger partial charge in [-0.1, -0.05) is 6.07 Å². The van der Waals surface area contributed by atoms with Gasteiger partial charge in [-0.2, -0.15) is 0 Å². The Balaban J connectivity index is 3.00. The molecule has 1 rings (SSSR count). The van der Waals surface area contributed by atoms with Crippen LogP contribution in [0.4, 0.5) is 10.1 Å². The van der Waals surface area contributed by atoms with Gasteiger partial charge in [0.1, 0.15) is 5.82 Å². The molecule has 0 aliphatic heterocycles. The number of anilines is 1. The number of rotatable bonds is 8. The Morgan fingerprint density at radius 3 is 2.45 bits per heavy atom. The minimum Gasteiger partial charge on any atom is -0.383 e. The van der Waals surface area contributed by atoms with E-state index >= 15 is 0 Å². The minimum atomic E-state index is -0.265. The van der Waals surface area contributed by atoms with Crippen molar-refractivity contribution in [2.75, 3.05) is 38.9 Å². The molecule has 0 fully saturated rings. The molecule has 0 radical (unpaired) electrons. The highest BCUT2D eigenvalue weighted by atomic mass is 19.1.